The number of amides is 1. The molecule has 0 radical (unpaired) electrons. The first-order valence-electron chi connectivity index (χ1n) is 11.3. The maximum atomic E-state index is 13.3. The number of methoxy groups -OCH3 is 1. The number of rotatable bonds is 9. The van der Waals surface area contributed by atoms with Crippen molar-refractivity contribution in [3.63, 3.8) is 0 Å². The monoisotopic (exact) mass is 547 g/mol. The number of hydrogen-bond donors (Lipinski definition) is 3. The van der Waals surface area contributed by atoms with Crippen molar-refractivity contribution in [2.45, 2.75) is 23.8 Å². The molecule has 196 valence electrons. The molecule has 1 unspecified atom stereocenters. The molecule has 1 aliphatic rings. The summed E-state index contributed by atoms with van der Waals surface area (Å²) < 4.78 is 46.0. The molecule has 4 rings (SSSR count). The number of carbonyl (C=O) groups is 1. The molecule has 3 N–H and O–H groups in total. The van der Waals surface area contributed by atoms with E-state index in [-0.39, 0.29) is 11.4 Å². The van der Waals surface area contributed by atoms with Gasteiger partial charge in [-0.2, -0.15) is 4.31 Å². The Kier molecular flexibility index (Phi) is 8.13. The number of hydroxylamine groups is 1. The predicted molar refractivity (Wildman–Crippen MR) is 138 cm³/mol. The molecule has 1 atom stereocenters. The number of fused-ring (bicyclic) bond motifs is 1. The molecule has 0 fully saturated rings. The maximum Gasteiger partial charge on any atom is 0.435 e. The zero-order chi connectivity index (χ0) is 26.6. The fourth-order valence-corrected chi connectivity index (χ4v) is 6.69. The standard InChI is InChI=1S/C25H26FN3O6S2/c1-29(14-22(30)16-9-11-17(26)12-10-16)37(32,33)23-15-36-24-20(23)7-4-8-21(24)28-35-25(31)27-18-5-3-6-19(13-18)34-2/h3,5-6,8-13,15,22,28,30H,4,7,14H2,1-2H3,(H,27,31). The summed E-state index contributed by atoms with van der Waals surface area (Å²) in [5.41, 5.74) is 4.62. The Morgan fingerprint density at radius 3 is 2.73 bits per heavy atom. The number of anilines is 1. The Labute approximate surface area is 218 Å². The molecular weight excluding hydrogens is 521 g/mol. The van der Waals surface area contributed by atoms with E-state index < -0.39 is 28.0 Å². The van der Waals surface area contributed by atoms with Crippen LogP contribution in [0, 0.1) is 5.82 Å². The minimum absolute atomic E-state index is 0.134. The van der Waals surface area contributed by atoms with Crippen molar-refractivity contribution in [1.82, 2.24) is 9.79 Å². The van der Waals surface area contributed by atoms with Gasteiger partial charge in [-0.1, -0.05) is 24.3 Å². The second kappa shape index (κ2) is 11.3. The summed E-state index contributed by atoms with van der Waals surface area (Å²) in [4.78, 5) is 18.2. The van der Waals surface area contributed by atoms with E-state index in [9.17, 15) is 22.7 Å². The molecule has 1 aliphatic carbocycles. The third kappa shape index (κ3) is 6.10. The zero-order valence-electron chi connectivity index (χ0n) is 20.1. The van der Waals surface area contributed by atoms with Gasteiger partial charge in [0.25, 0.3) is 0 Å². The van der Waals surface area contributed by atoms with E-state index in [0.717, 1.165) is 4.31 Å². The normalized spacial score (nSPS) is 13.9. The number of nitrogens with zero attached hydrogens (tertiary/aromatic N) is 1. The molecule has 1 heterocycles. The minimum atomic E-state index is -3.93. The summed E-state index contributed by atoms with van der Waals surface area (Å²) >= 11 is 1.21. The van der Waals surface area contributed by atoms with Crippen LogP contribution in [0.15, 0.2) is 64.9 Å². The van der Waals surface area contributed by atoms with Gasteiger partial charge < -0.3 is 14.7 Å². The molecule has 0 spiro atoms. The number of ether oxygens (including phenoxy) is 1. The Hall–Kier alpha value is -3.45. The van der Waals surface area contributed by atoms with E-state index in [1.54, 1.807) is 24.3 Å². The number of sulfonamides is 1. The van der Waals surface area contributed by atoms with Gasteiger partial charge in [-0.15, -0.1) is 11.3 Å². The van der Waals surface area contributed by atoms with Gasteiger partial charge in [0.1, 0.15) is 11.6 Å². The van der Waals surface area contributed by atoms with Crippen LogP contribution in [-0.2, 0) is 21.3 Å². The van der Waals surface area contributed by atoms with Gasteiger partial charge in [-0.05, 0) is 48.2 Å². The molecule has 3 aromatic rings. The number of hydrogen-bond acceptors (Lipinski definition) is 8. The summed E-state index contributed by atoms with van der Waals surface area (Å²) in [7, 11) is -1.02. The highest BCUT2D eigenvalue weighted by atomic mass is 32.2. The van der Waals surface area contributed by atoms with Crippen molar-refractivity contribution < 1.29 is 32.3 Å². The average Bonchev–Trinajstić information content (AvgIpc) is 3.33. The molecular formula is C25H26FN3O6S2. The highest BCUT2D eigenvalue weighted by Crippen LogP contribution is 2.37. The van der Waals surface area contributed by atoms with Crippen LogP contribution in [0.25, 0.3) is 5.70 Å². The van der Waals surface area contributed by atoms with Crippen molar-refractivity contribution in [3.8, 4) is 5.75 Å². The van der Waals surface area contributed by atoms with Crippen LogP contribution >= 0.6 is 11.3 Å². The summed E-state index contributed by atoms with van der Waals surface area (Å²) in [6, 6.07) is 12.0. The Morgan fingerprint density at radius 2 is 2.00 bits per heavy atom. The van der Waals surface area contributed by atoms with Crippen LogP contribution in [0.3, 0.4) is 0 Å². The lowest BCUT2D eigenvalue weighted by Gasteiger charge is -2.22. The number of nitrogens with one attached hydrogen (secondary N) is 2. The Bertz CT molecular complexity index is 1410. The molecule has 1 aromatic heterocycles. The van der Waals surface area contributed by atoms with Crippen LogP contribution in [0.5, 0.6) is 5.75 Å². The second-order valence-corrected chi connectivity index (χ2v) is 11.2. The lowest BCUT2D eigenvalue weighted by atomic mass is 10.0. The number of benzene rings is 2. The Balaban J connectivity index is 1.42. The quantitative estimate of drug-likeness (QED) is 0.342. The highest BCUT2D eigenvalue weighted by molar-refractivity contribution is 7.89. The van der Waals surface area contributed by atoms with E-state index in [0.29, 0.717) is 46.0 Å². The largest absolute Gasteiger partial charge is 0.497 e. The third-order valence-electron chi connectivity index (χ3n) is 5.79. The number of allylic oxidation sites excluding steroid dienone is 1. The summed E-state index contributed by atoms with van der Waals surface area (Å²) in [6.45, 7) is -0.201. The number of aliphatic hydroxyl groups excluding tert-OH is 1. The van der Waals surface area contributed by atoms with E-state index in [4.69, 9.17) is 9.57 Å². The smallest absolute Gasteiger partial charge is 0.435 e. The summed E-state index contributed by atoms with van der Waals surface area (Å²) in [6.07, 6.45) is 0.986. The van der Waals surface area contributed by atoms with Gasteiger partial charge in [0.2, 0.25) is 10.0 Å². The van der Waals surface area contributed by atoms with E-state index in [1.807, 2.05) is 6.08 Å². The van der Waals surface area contributed by atoms with Gasteiger partial charge in [0.15, 0.2) is 0 Å². The molecule has 1 amide bonds. The van der Waals surface area contributed by atoms with Gasteiger partial charge in [0, 0.05) is 30.7 Å². The van der Waals surface area contributed by atoms with Gasteiger partial charge in [0.05, 0.1) is 28.7 Å². The molecule has 12 heteroatoms. The summed E-state index contributed by atoms with van der Waals surface area (Å²) in [5.74, 6) is 0.133. The van der Waals surface area contributed by atoms with Crippen molar-refractivity contribution in [1.29, 1.82) is 0 Å². The first-order valence-corrected chi connectivity index (χ1v) is 13.6. The van der Waals surface area contributed by atoms with Crippen molar-refractivity contribution in [2.24, 2.45) is 0 Å². The van der Waals surface area contributed by atoms with Gasteiger partial charge in [-0.25, -0.2) is 23.1 Å². The number of thiophene rings is 1. The minimum Gasteiger partial charge on any atom is -0.497 e. The second-order valence-electron chi connectivity index (χ2n) is 8.27. The fraction of sp³-hybridized carbons (Fsp3) is 0.240. The van der Waals surface area contributed by atoms with E-state index >= 15 is 0 Å². The SMILES string of the molecule is COc1cccc(NC(=O)ONC2=CCCc3c(S(=O)(=O)N(C)CC(O)c4ccc(F)cc4)csc32)c1. The number of aliphatic hydroxyl groups is 1. The molecule has 0 aliphatic heterocycles. The summed E-state index contributed by atoms with van der Waals surface area (Å²) in [5, 5.41) is 14.6. The van der Waals surface area contributed by atoms with Gasteiger partial charge >= 0.3 is 6.09 Å². The topological polar surface area (TPSA) is 117 Å². The first kappa shape index (κ1) is 26.6. The van der Waals surface area contributed by atoms with Crippen LogP contribution in [0.2, 0.25) is 0 Å². The molecule has 9 nitrogen and oxygen atoms in total. The van der Waals surface area contributed by atoms with Gasteiger partial charge in [-0.3, -0.25) is 5.32 Å². The number of halogens is 1. The van der Waals surface area contributed by atoms with Crippen molar-refractivity contribution in [2.75, 3.05) is 26.0 Å². The molecule has 0 saturated heterocycles. The fourth-order valence-electron chi connectivity index (χ4n) is 3.83. The van der Waals surface area contributed by atoms with Crippen LogP contribution in [0.4, 0.5) is 14.9 Å². The van der Waals surface area contributed by atoms with Crippen LogP contribution in [-0.4, -0.2) is 44.6 Å². The van der Waals surface area contributed by atoms with Crippen molar-refractivity contribution in [3.05, 3.63) is 81.8 Å². The lowest BCUT2D eigenvalue weighted by molar-refractivity contribution is 0.130. The number of likely N-dealkylation sites (N-methyl/N-ethyl adjacent to an activating group) is 1. The maximum absolute atomic E-state index is 13.3. The first-order chi connectivity index (χ1) is 17.7. The molecule has 37 heavy (non-hydrogen) atoms. The predicted octanol–water partition coefficient (Wildman–Crippen LogP) is 4.29. The van der Waals surface area contributed by atoms with Crippen LogP contribution in [0.1, 0.15) is 28.5 Å². The third-order valence-corrected chi connectivity index (χ3v) is 8.88. The van der Waals surface area contributed by atoms with E-state index in [1.165, 1.54) is 55.1 Å². The molecule has 0 bridgehead atoms. The van der Waals surface area contributed by atoms with Crippen molar-refractivity contribution >= 4 is 38.8 Å². The number of carbonyl (C=O) groups excluding carboxylic acids is 1. The Morgan fingerprint density at radius 1 is 1.24 bits per heavy atom. The lowest BCUT2D eigenvalue weighted by Crippen LogP contribution is -2.31. The molecule has 2 aromatic carbocycles. The van der Waals surface area contributed by atoms with Crippen LogP contribution < -0.4 is 15.5 Å². The van der Waals surface area contributed by atoms with E-state index in [2.05, 4.69) is 10.8 Å². The zero-order valence-corrected chi connectivity index (χ0v) is 21.7. The molecule has 0 saturated carbocycles. The highest BCUT2D eigenvalue weighted by Gasteiger charge is 2.31. The average molecular weight is 548 g/mol.